The summed E-state index contributed by atoms with van der Waals surface area (Å²) >= 11 is 0. The third-order valence-corrected chi connectivity index (χ3v) is 3.86. The predicted molar refractivity (Wildman–Crippen MR) is 86.3 cm³/mol. The van der Waals surface area contributed by atoms with Gasteiger partial charge < -0.3 is 10.3 Å². The minimum absolute atomic E-state index is 0.153. The number of aromatic nitrogens is 5. The normalized spacial score (nSPS) is 11.2. The molecule has 7 nitrogen and oxygen atoms in total. The number of hydrogen-bond acceptors (Lipinski definition) is 6. The number of aryl methyl sites for hydroxylation is 1. The first-order chi connectivity index (χ1) is 11.7. The maximum Gasteiger partial charge on any atom is 0.199 e. The van der Waals surface area contributed by atoms with Crippen LogP contribution in [0.5, 0.6) is 0 Å². The summed E-state index contributed by atoms with van der Waals surface area (Å²) in [5, 5.41) is 7.42. The second kappa shape index (κ2) is 5.41. The van der Waals surface area contributed by atoms with Crippen molar-refractivity contribution in [1.82, 2.24) is 24.8 Å². The fraction of sp³-hybridized carbons (Fsp3) is 0.125. The van der Waals surface area contributed by atoms with Gasteiger partial charge in [-0.3, -0.25) is 4.98 Å². The molecule has 1 aromatic carbocycles. The lowest BCUT2D eigenvalue weighted by molar-refractivity contribution is 0.310. The first kappa shape index (κ1) is 14.3. The molecule has 0 aliphatic rings. The van der Waals surface area contributed by atoms with Gasteiger partial charge >= 0.3 is 0 Å². The zero-order valence-electron chi connectivity index (χ0n) is 12.8. The second-order valence-corrected chi connectivity index (χ2v) is 5.21. The first-order valence-electron chi connectivity index (χ1n) is 7.38. The fourth-order valence-corrected chi connectivity index (χ4v) is 2.80. The highest BCUT2D eigenvalue weighted by molar-refractivity contribution is 5.94. The van der Waals surface area contributed by atoms with Crippen molar-refractivity contribution in [3.63, 3.8) is 0 Å². The van der Waals surface area contributed by atoms with Crippen LogP contribution in [0.15, 0.2) is 41.3 Å². The summed E-state index contributed by atoms with van der Waals surface area (Å²) < 4.78 is 20.8. The van der Waals surface area contributed by atoms with Crippen molar-refractivity contribution >= 4 is 16.9 Å². The number of nitrogens with zero attached hydrogens (tertiary/aromatic N) is 5. The molecule has 0 unspecified atom stereocenters. The highest BCUT2D eigenvalue weighted by Crippen LogP contribution is 2.33. The van der Waals surface area contributed by atoms with E-state index >= 15 is 0 Å². The summed E-state index contributed by atoms with van der Waals surface area (Å²) in [5.74, 6) is 0.345. The van der Waals surface area contributed by atoms with Gasteiger partial charge in [0.2, 0.25) is 0 Å². The molecule has 0 atom stereocenters. The highest BCUT2D eigenvalue weighted by Gasteiger charge is 2.21. The molecule has 0 aliphatic heterocycles. The van der Waals surface area contributed by atoms with Crippen LogP contribution in [-0.4, -0.2) is 24.8 Å². The van der Waals surface area contributed by atoms with Crippen molar-refractivity contribution in [2.24, 2.45) is 0 Å². The lowest BCUT2D eigenvalue weighted by atomic mass is 10.1. The van der Waals surface area contributed by atoms with Crippen LogP contribution in [-0.2, 0) is 6.54 Å². The van der Waals surface area contributed by atoms with E-state index in [-0.39, 0.29) is 11.6 Å². The van der Waals surface area contributed by atoms with Gasteiger partial charge in [0.1, 0.15) is 11.3 Å². The van der Waals surface area contributed by atoms with Crippen LogP contribution in [0.2, 0.25) is 0 Å². The first-order valence-corrected chi connectivity index (χ1v) is 7.38. The van der Waals surface area contributed by atoms with Crippen molar-refractivity contribution in [3.05, 3.63) is 42.5 Å². The van der Waals surface area contributed by atoms with Crippen molar-refractivity contribution in [2.45, 2.75) is 13.5 Å². The summed E-state index contributed by atoms with van der Waals surface area (Å²) in [4.78, 5) is 8.73. The summed E-state index contributed by atoms with van der Waals surface area (Å²) in [6.45, 7) is 2.55. The Morgan fingerprint density at radius 2 is 2.00 bits per heavy atom. The maximum atomic E-state index is 14.3. The molecule has 0 spiro atoms. The Kier molecular flexibility index (Phi) is 3.23. The Morgan fingerprint density at radius 1 is 1.17 bits per heavy atom. The topological polar surface area (TPSA) is 95.7 Å². The molecule has 120 valence electrons. The smallest absolute Gasteiger partial charge is 0.199 e. The number of nitrogen functional groups attached to an aromatic ring is 1. The van der Waals surface area contributed by atoms with Crippen LogP contribution in [0.3, 0.4) is 0 Å². The van der Waals surface area contributed by atoms with Crippen LogP contribution >= 0.6 is 0 Å². The molecule has 0 saturated carbocycles. The van der Waals surface area contributed by atoms with E-state index in [4.69, 9.17) is 5.73 Å². The fourth-order valence-electron chi connectivity index (χ4n) is 2.80. The van der Waals surface area contributed by atoms with Crippen molar-refractivity contribution in [3.8, 4) is 22.6 Å². The molecule has 0 aliphatic carbocycles. The summed E-state index contributed by atoms with van der Waals surface area (Å²) in [7, 11) is 0. The molecule has 24 heavy (non-hydrogen) atoms. The number of imidazole rings is 1. The minimum atomic E-state index is -0.320. The number of nitrogens with two attached hydrogens (primary N) is 1. The predicted octanol–water partition coefficient (Wildman–Crippen LogP) is 2.89. The van der Waals surface area contributed by atoms with E-state index in [1.807, 2.05) is 11.5 Å². The zero-order chi connectivity index (χ0) is 16.7. The second-order valence-electron chi connectivity index (χ2n) is 5.21. The van der Waals surface area contributed by atoms with Crippen molar-refractivity contribution in [2.75, 3.05) is 5.73 Å². The molecular weight excluding hydrogens is 311 g/mol. The van der Waals surface area contributed by atoms with Crippen LogP contribution in [0.25, 0.3) is 33.7 Å². The standard InChI is InChI=1S/C16H13FN6O/c1-2-23-14-10(9-5-3-4-6-11(9)17)7-19-8-12(14)20-16(23)13-15(18)22-24-21-13/h3-8H,2H2,1H3,(H2,18,22). The Morgan fingerprint density at radius 3 is 2.71 bits per heavy atom. The monoisotopic (exact) mass is 324 g/mol. The van der Waals surface area contributed by atoms with Gasteiger partial charge in [0, 0.05) is 23.9 Å². The van der Waals surface area contributed by atoms with Gasteiger partial charge in [0.05, 0.1) is 11.7 Å². The number of benzene rings is 1. The quantitative estimate of drug-likeness (QED) is 0.622. The van der Waals surface area contributed by atoms with Gasteiger partial charge in [-0.25, -0.2) is 14.0 Å². The van der Waals surface area contributed by atoms with Gasteiger partial charge in [-0.05, 0) is 23.3 Å². The van der Waals surface area contributed by atoms with E-state index in [0.29, 0.717) is 34.7 Å². The van der Waals surface area contributed by atoms with E-state index in [9.17, 15) is 4.39 Å². The summed E-state index contributed by atoms with van der Waals surface area (Å²) in [5.41, 5.74) is 8.64. The number of fused-ring (bicyclic) bond motifs is 1. The molecule has 0 radical (unpaired) electrons. The molecule has 3 aromatic heterocycles. The molecule has 0 amide bonds. The zero-order valence-corrected chi connectivity index (χ0v) is 12.8. The van der Waals surface area contributed by atoms with E-state index < -0.39 is 0 Å². The van der Waals surface area contributed by atoms with Gasteiger partial charge in [0.25, 0.3) is 0 Å². The van der Waals surface area contributed by atoms with Crippen LogP contribution in [0.4, 0.5) is 10.2 Å². The van der Waals surface area contributed by atoms with Gasteiger partial charge in [-0.2, -0.15) is 0 Å². The van der Waals surface area contributed by atoms with Crippen LogP contribution in [0, 0.1) is 5.82 Å². The Bertz CT molecular complexity index is 1040. The molecule has 0 bridgehead atoms. The third-order valence-electron chi connectivity index (χ3n) is 3.86. The lowest BCUT2D eigenvalue weighted by Crippen LogP contribution is -2.01. The highest BCUT2D eigenvalue weighted by atomic mass is 19.1. The number of hydrogen-bond donors (Lipinski definition) is 1. The van der Waals surface area contributed by atoms with E-state index in [2.05, 4.69) is 24.9 Å². The molecule has 3 heterocycles. The van der Waals surface area contributed by atoms with E-state index in [1.54, 1.807) is 30.6 Å². The Balaban J connectivity index is 2.06. The van der Waals surface area contributed by atoms with E-state index in [0.717, 1.165) is 5.52 Å². The molecule has 8 heteroatoms. The van der Waals surface area contributed by atoms with Gasteiger partial charge in [-0.15, -0.1) is 0 Å². The average Bonchev–Trinajstić information content (AvgIpc) is 3.17. The van der Waals surface area contributed by atoms with Crippen molar-refractivity contribution < 1.29 is 9.02 Å². The Labute approximate surface area is 135 Å². The van der Waals surface area contributed by atoms with Crippen LogP contribution in [0.1, 0.15) is 6.92 Å². The summed E-state index contributed by atoms with van der Waals surface area (Å²) in [6, 6.07) is 6.56. The Hall–Kier alpha value is -3.29. The number of rotatable bonds is 3. The van der Waals surface area contributed by atoms with Gasteiger partial charge in [-0.1, -0.05) is 18.2 Å². The van der Waals surface area contributed by atoms with Crippen molar-refractivity contribution in [1.29, 1.82) is 0 Å². The third kappa shape index (κ3) is 2.03. The number of anilines is 1. The van der Waals surface area contributed by atoms with Gasteiger partial charge in [0.15, 0.2) is 17.3 Å². The largest absolute Gasteiger partial charge is 0.379 e. The molecule has 4 rings (SSSR count). The molecule has 4 aromatic rings. The number of halogens is 1. The van der Waals surface area contributed by atoms with E-state index in [1.165, 1.54) is 6.07 Å². The number of pyridine rings is 1. The summed E-state index contributed by atoms with van der Waals surface area (Å²) in [6.07, 6.45) is 3.25. The molecule has 0 saturated heterocycles. The molecule has 0 fully saturated rings. The molecular formula is C16H13FN6O. The maximum absolute atomic E-state index is 14.3. The lowest BCUT2D eigenvalue weighted by Gasteiger charge is -2.09. The average molecular weight is 324 g/mol. The minimum Gasteiger partial charge on any atom is -0.379 e. The van der Waals surface area contributed by atoms with Crippen LogP contribution < -0.4 is 5.73 Å². The SMILES string of the molecule is CCn1c(-c2nonc2N)nc2cncc(-c3ccccc3F)c21. The molecule has 2 N–H and O–H groups in total.